The van der Waals surface area contributed by atoms with Crippen molar-refractivity contribution >= 4 is 11.7 Å². The smallest absolute Gasteiger partial charge is 0.319 e. The number of nitrogens with one attached hydrogen (secondary N) is 2. The largest absolute Gasteiger partial charge is 0.379 e. The van der Waals surface area contributed by atoms with Gasteiger partial charge in [0.15, 0.2) is 0 Å². The summed E-state index contributed by atoms with van der Waals surface area (Å²) in [5, 5.41) is 5.69. The number of urea groups is 1. The van der Waals surface area contributed by atoms with Crippen LogP contribution in [-0.4, -0.2) is 37.2 Å². The van der Waals surface area contributed by atoms with E-state index in [1.165, 1.54) is 12.1 Å². The number of anilines is 1. The zero-order valence-electron chi connectivity index (χ0n) is 14.0. The molecule has 1 fully saturated rings. The van der Waals surface area contributed by atoms with Crippen LogP contribution in [0.3, 0.4) is 0 Å². The molecule has 0 radical (unpaired) electrons. The first-order chi connectivity index (χ1) is 12.2. The van der Waals surface area contributed by atoms with Crippen LogP contribution in [0.25, 0.3) is 0 Å². The lowest BCUT2D eigenvalue weighted by Crippen LogP contribution is -2.36. The zero-order chi connectivity index (χ0) is 17.5. The van der Waals surface area contributed by atoms with E-state index in [0.717, 1.165) is 49.7 Å². The third-order valence-electron chi connectivity index (χ3n) is 4.13. The Balaban J connectivity index is 1.56. The van der Waals surface area contributed by atoms with E-state index >= 15 is 0 Å². The molecule has 6 heteroatoms. The third-order valence-corrected chi connectivity index (χ3v) is 4.13. The van der Waals surface area contributed by atoms with Gasteiger partial charge >= 0.3 is 6.03 Å². The lowest BCUT2D eigenvalue weighted by molar-refractivity contribution is 0.0343. The van der Waals surface area contributed by atoms with Gasteiger partial charge in [-0.3, -0.25) is 4.90 Å². The summed E-state index contributed by atoms with van der Waals surface area (Å²) in [7, 11) is 0. The van der Waals surface area contributed by atoms with Gasteiger partial charge in [-0.1, -0.05) is 30.3 Å². The zero-order valence-corrected chi connectivity index (χ0v) is 14.0. The Bertz CT molecular complexity index is 700. The molecule has 2 aromatic rings. The van der Waals surface area contributed by atoms with E-state index < -0.39 is 0 Å². The molecule has 1 aliphatic heterocycles. The van der Waals surface area contributed by atoms with Crippen molar-refractivity contribution in [3.05, 3.63) is 65.5 Å². The number of hydrogen-bond acceptors (Lipinski definition) is 3. The van der Waals surface area contributed by atoms with Crippen molar-refractivity contribution in [2.75, 3.05) is 31.6 Å². The monoisotopic (exact) mass is 343 g/mol. The van der Waals surface area contributed by atoms with Crippen molar-refractivity contribution in [3.63, 3.8) is 0 Å². The fourth-order valence-corrected chi connectivity index (χ4v) is 2.73. The second kappa shape index (κ2) is 8.60. The molecule has 2 N–H and O–H groups in total. The second-order valence-corrected chi connectivity index (χ2v) is 5.98. The van der Waals surface area contributed by atoms with E-state index in [1.807, 2.05) is 24.3 Å². The van der Waals surface area contributed by atoms with E-state index in [1.54, 1.807) is 12.1 Å². The average molecular weight is 343 g/mol. The van der Waals surface area contributed by atoms with Crippen LogP contribution >= 0.6 is 0 Å². The maximum absolute atomic E-state index is 12.9. The highest BCUT2D eigenvalue weighted by molar-refractivity contribution is 5.90. The molecule has 5 nitrogen and oxygen atoms in total. The molecule has 1 aliphatic rings. The highest BCUT2D eigenvalue weighted by Gasteiger charge is 2.13. The molecule has 3 rings (SSSR count). The lowest BCUT2D eigenvalue weighted by Gasteiger charge is -2.27. The van der Waals surface area contributed by atoms with Gasteiger partial charge in [0.25, 0.3) is 0 Å². The van der Waals surface area contributed by atoms with Crippen molar-refractivity contribution in [1.29, 1.82) is 0 Å². The minimum absolute atomic E-state index is 0.279. The summed E-state index contributed by atoms with van der Waals surface area (Å²) in [6.07, 6.45) is 0. The molecule has 0 aromatic heterocycles. The lowest BCUT2D eigenvalue weighted by atomic mass is 10.1. The van der Waals surface area contributed by atoms with Gasteiger partial charge in [-0.05, 0) is 29.3 Å². The van der Waals surface area contributed by atoms with Gasteiger partial charge in [0.1, 0.15) is 5.82 Å². The maximum atomic E-state index is 12.9. The van der Waals surface area contributed by atoms with Crippen LogP contribution in [0.15, 0.2) is 48.5 Å². The van der Waals surface area contributed by atoms with Crippen LogP contribution in [0, 0.1) is 5.82 Å². The number of ether oxygens (including phenoxy) is 1. The number of amides is 2. The highest BCUT2D eigenvalue weighted by Crippen LogP contribution is 2.18. The minimum Gasteiger partial charge on any atom is -0.379 e. The van der Waals surface area contributed by atoms with Gasteiger partial charge < -0.3 is 15.4 Å². The van der Waals surface area contributed by atoms with Crippen molar-refractivity contribution in [3.8, 4) is 0 Å². The Morgan fingerprint density at radius 2 is 1.80 bits per heavy atom. The Kier molecular flexibility index (Phi) is 5.98. The number of morpholine rings is 1. The molecule has 0 saturated carbocycles. The summed E-state index contributed by atoms with van der Waals surface area (Å²) in [5.41, 5.74) is 2.71. The van der Waals surface area contributed by atoms with Crippen LogP contribution in [0.5, 0.6) is 0 Å². The first-order valence-corrected chi connectivity index (χ1v) is 8.38. The second-order valence-electron chi connectivity index (χ2n) is 5.98. The Morgan fingerprint density at radius 1 is 1.08 bits per heavy atom. The number of nitrogens with zero attached hydrogens (tertiary/aromatic N) is 1. The molecule has 0 bridgehead atoms. The predicted octanol–water partition coefficient (Wildman–Crippen LogP) is 2.98. The molecule has 0 unspecified atom stereocenters. The normalized spacial score (nSPS) is 14.9. The Hall–Kier alpha value is -2.44. The standard InChI is InChI=1S/C19H22FN3O2/c20-17-7-5-15(6-8-17)13-21-19(24)22-18-4-2-1-3-16(18)14-23-9-11-25-12-10-23/h1-8H,9-14H2,(H2,21,22,24). The van der Waals surface area contributed by atoms with Crippen molar-refractivity contribution in [2.24, 2.45) is 0 Å². The van der Waals surface area contributed by atoms with E-state index in [4.69, 9.17) is 4.74 Å². The van der Waals surface area contributed by atoms with Crippen LogP contribution in [-0.2, 0) is 17.8 Å². The number of halogens is 1. The number of hydrogen-bond donors (Lipinski definition) is 2. The van der Waals surface area contributed by atoms with E-state index in [9.17, 15) is 9.18 Å². The van der Waals surface area contributed by atoms with E-state index in [-0.39, 0.29) is 11.8 Å². The van der Waals surface area contributed by atoms with Crippen LogP contribution in [0.4, 0.5) is 14.9 Å². The molecule has 2 amide bonds. The van der Waals surface area contributed by atoms with Crippen LogP contribution in [0.2, 0.25) is 0 Å². The molecule has 0 aliphatic carbocycles. The molecule has 2 aromatic carbocycles. The minimum atomic E-state index is -0.287. The summed E-state index contributed by atoms with van der Waals surface area (Å²) in [5.74, 6) is -0.287. The van der Waals surface area contributed by atoms with Gasteiger partial charge in [-0.2, -0.15) is 0 Å². The topological polar surface area (TPSA) is 53.6 Å². The summed E-state index contributed by atoms with van der Waals surface area (Å²) in [6.45, 7) is 4.40. The number of benzene rings is 2. The van der Waals surface area contributed by atoms with Crippen molar-refractivity contribution in [2.45, 2.75) is 13.1 Å². The summed E-state index contributed by atoms with van der Waals surface area (Å²) < 4.78 is 18.3. The molecular formula is C19H22FN3O2. The molecular weight excluding hydrogens is 321 g/mol. The van der Waals surface area contributed by atoms with Gasteiger partial charge in [-0.25, -0.2) is 9.18 Å². The van der Waals surface area contributed by atoms with Gasteiger partial charge in [0.05, 0.1) is 13.2 Å². The summed E-state index contributed by atoms with van der Waals surface area (Å²) in [6, 6.07) is 13.6. The number of para-hydroxylation sites is 1. The fourth-order valence-electron chi connectivity index (χ4n) is 2.73. The van der Waals surface area contributed by atoms with Gasteiger partial charge in [0.2, 0.25) is 0 Å². The molecule has 0 spiro atoms. The quantitative estimate of drug-likeness (QED) is 0.878. The number of carbonyl (C=O) groups excluding carboxylic acids is 1. The maximum Gasteiger partial charge on any atom is 0.319 e. The van der Waals surface area contributed by atoms with Gasteiger partial charge in [-0.15, -0.1) is 0 Å². The van der Waals surface area contributed by atoms with Gasteiger partial charge in [0, 0.05) is 31.9 Å². The van der Waals surface area contributed by atoms with Crippen LogP contribution in [0.1, 0.15) is 11.1 Å². The summed E-state index contributed by atoms with van der Waals surface area (Å²) in [4.78, 5) is 14.5. The number of rotatable bonds is 5. The van der Waals surface area contributed by atoms with E-state index in [2.05, 4.69) is 15.5 Å². The third kappa shape index (κ3) is 5.27. The molecule has 25 heavy (non-hydrogen) atoms. The highest BCUT2D eigenvalue weighted by atomic mass is 19.1. The first-order valence-electron chi connectivity index (χ1n) is 8.38. The Labute approximate surface area is 146 Å². The number of carbonyl (C=O) groups is 1. The summed E-state index contributed by atoms with van der Waals surface area (Å²) >= 11 is 0. The Morgan fingerprint density at radius 3 is 2.56 bits per heavy atom. The molecule has 1 saturated heterocycles. The fraction of sp³-hybridized carbons (Fsp3) is 0.316. The molecule has 0 atom stereocenters. The molecule has 1 heterocycles. The average Bonchev–Trinajstić information content (AvgIpc) is 2.64. The van der Waals surface area contributed by atoms with Crippen LogP contribution < -0.4 is 10.6 Å². The molecule has 132 valence electrons. The van der Waals surface area contributed by atoms with Crippen molar-refractivity contribution < 1.29 is 13.9 Å². The predicted molar refractivity (Wildman–Crippen MR) is 94.8 cm³/mol. The first kappa shape index (κ1) is 17.4. The van der Waals surface area contributed by atoms with Crippen molar-refractivity contribution in [1.82, 2.24) is 10.2 Å². The SMILES string of the molecule is O=C(NCc1ccc(F)cc1)Nc1ccccc1CN1CCOCC1. The van der Waals surface area contributed by atoms with E-state index in [0.29, 0.717) is 6.54 Å².